The van der Waals surface area contributed by atoms with Crippen LogP contribution in [0.1, 0.15) is 26.3 Å². The number of carbonyl (C=O) groups is 2. The highest BCUT2D eigenvalue weighted by molar-refractivity contribution is 6.19. The van der Waals surface area contributed by atoms with E-state index in [4.69, 9.17) is 5.11 Å². The van der Waals surface area contributed by atoms with Gasteiger partial charge in [-0.1, -0.05) is 24.3 Å². The lowest BCUT2D eigenvalue weighted by atomic mass is 9.98. The summed E-state index contributed by atoms with van der Waals surface area (Å²) in [7, 11) is 0. The van der Waals surface area contributed by atoms with Gasteiger partial charge in [0.1, 0.15) is 5.82 Å². The third-order valence-corrected chi connectivity index (χ3v) is 3.30. The Labute approximate surface area is 118 Å². The van der Waals surface area contributed by atoms with Crippen LogP contribution >= 0.6 is 0 Å². The average molecular weight is 283 g/mol. The molecule has 0 amide bonds. The number of halogens is 1. The van der Waals surface area contributed by atoms with E-state index in [1.165, 1.54) is 36.5 Å². The SMILES string of the molecule is O=C(O)c1ccccc1C(=O)c1c[nH]c2cccc(F)c12. The first-order valence-corrected chi connectivity index (χ1v) is 6.22. The van der Waals surface area contributed by atoms with Crippen molar-refractivity contribution in [2.45, 2.75) is 0 Å². The number of carboxylic acids is 1. The molecule has 21 heavy (non-hydrogen) atoms. The van der Waals surface area contributed by atoms with E-state index in [1.54, 1.807) is 12.1 Å². The molecule has 0 saturated carbocycles. The lowest BCUT2D eigenvalue weighted by Crippen LogP contribution is -2.09. The summed E-state index contributed by atoms with van der Waals surface area (Å²) in [6, 6.07) is 10.3. The van der Waals surface area contributed by atoms with Crippen LogP contribution in [0.25, 0.3) is 10.9 Å². The Morgan fingerprint density at radius 2 is 1.67 bits per heavy atom. The molecule has 0 radical (unpaired) electrons. The highest BCUT2D eigenvalue weighted by Gasteiger charge is 2.21. The fourth-order valence-corrected chi connectivity index (χ4v) is 2.33. The number of carbonyl (C=O) groups excluding carboxylic acids is 1. The van der Waals surface area contributed by atoms with Gasteiger partial charge in [-0.3, -0.25) is 4.79 Å². The zero-order chi connectivity index (χ0) is 15.0. The van der Waals surface area contributed by atoms with Crippen LogP contribution in [0.15, 0.2) is 48.7 Å². The Bertz CT molecular complexity index is 867. The number of aromatic carboxylic acids is 1. The number of fused-ring (bicyclic) bond motifs is 1. The Morgan fingerprint density at radius 3 is 2.38 bits per heavy atom. The molecule has 3 aromatic rings. The van der Waals surface area contributed by atoms with Crippen LogP contribution in [-0.4, -0.2) is 21.8 Å². The van der Waals surface area contributed by atoms with Gasteiger partial charge in [-0.25, -0.2) is 9.18 Å². The van der Waals surface area contributed by atoms with Gasteiger partial charge in [-0.05, 0) is 18.2 Å². The molecule has 3 rings (SSSR count). The van der Waals surface area contributed by atoms with E-state index in [-0.39, 0.29) is 22.1 Å². The molecule has 5 heteroatoms. The first-order valence-electron chi connectivity index (χ1n) is 6.22. The third kappa shape index (κ3) is 2.08. The van der Waals surface area contributed by atoms with Gasteiger partial charge in [-0.2, -0.15) is 0 Å². The standard InChI is InChI=1S/C16H10FNO3/c17-12-6-3-7-13-14(12)11(8-18-13)15(19)9-4-1-2-5-10(9)16(20)21/h1-8,18H,(H,20,21). The molecule has 2 aromatic carbocycles. The number of rotatable bonds is 3. The van der Waals surface area contributed by atoms with Crippen LogP contribution < -0.4 is 0 Å². The largest absolute Gasteiger partial charge is 0.478 e. The van der Waals surface area contributed by atoms with Crippen molar-refractivity contribution in [3.8, 4) is 0 Å². The fraction of sp³-hybridized carbons (Fsp3) is 0. The van der Waals surface area contributed by atoms with Crippen molar-refractivity contribution >= 4 is 22.7 Å². The number of hydrogen-bond donors (Lipinski definition) is 2. The number of H-pyrrole nitrogens is 1. The van der Waals surface area contributed by atoms with Crippen LogP contribution in [-0.2, 0) is 0 Å². The van der Waals surface area contributed by atoms with Gasteiger partial charge in [0.25, 0.3) is 0 Å². The second kappa shape index (κ2) is 4.86. The minimum atomic E-state index is -1.20. The Hall–Kier alpha value is -2.95. The van der Waals surface area contributed by atoms with E-state index < -0.39 is 17.6 Å². The van der Waals surface area contributed by atoms with E-state index in [1.807, 2.05) is 0 Å². The molecule has 0 unspecified atom stereocenters. The van der Waals surface area contributed by atoms with E-state index in [2.05, 4.69) is 4.98 Å². The zero-order valence-corrected chi connectivity index (χ0v) is 10.8. The van der Waals surface area contributed by atoms with E-state index >= 15 is 0 Å². The van der Waals surface area contributed by atoms with Crippen molar-refractivity contribution in [2.75, 3.05) is 0 Å². The summed E-state index contributed by atoms with van der Waals surface area (Å²) in [5, 5.41) is 9.31. The maximum absolute atomic E-state index is 13.9. The fourth-order valence-electron chi connectivity index (χ4n) is 2.33. The maximum Gasteiger partial charge on any atom is 0.336 e. The first kappa shape index (κ1) is 13.1. The van der Waals surface area contributed by atoms with Gasteiger partial charge in [0.15, 0.2) is 5.78 Å². The van der Waals surface area contributed by atoms with Crippen molar-refractivity contribution in [2.24, 2.45) is 0 Å². The van der Waals surface area contributed by atoms with Crippen LogP contribution in [0.2, 0.25) is 0 Å². The third-order valence-electron chi connectivity index (χ3n) is 3.30. The molecule has 0 aliphatic carbocycles. The molecule has 0 bridgehead atoms. The van der Waals surface area contributed by atoms with Gasteiger partial charge in [0.05, 0.1) is 11.1 Å². The molecule has 0 saturated heterocycles. The quantitative estimate of drug-likeness (QED) is 0.725. The minimum Gasteiger partial charge on any atom is -0.478 e. The summed E-state index contributed by atoms with van der Waals surface area (Å²) in [5.41, 5.74) is 0.547. The van der Waals surface area contributed by atoms with Crippen molar-refractivity contribution in [1.82, 2.24) is 4.98 Å². The number of aromatic amines is 1. The summed E-state index contributed by atoms with van der Waals surface area (Å²) in [4.78, 5) is 26.6. The van der Waals surface area contributed by atoms with Crippen molar-refractivity contribution < 1.29 is 19.1 Å². The number of hydrogen-bond acceptors (Lipinski definition) is 2. The molecule has 0 spiro atoms. The lowest BCUT2D eigenvalue weighted by Gasteiger charge is -2.04. The number of nitrogens with one attached hydrogen (secondary N) is 1. The normalized spacial score (nSPS) is 10.7. The number of ketones is 1. The Balaban J connectivity index is 2.20. The summed E-state index contributed by atoms with van der Waals surface area (Å²) in [5.74, 6) is -2.24. The monoisotopic (exact) mass is 283 g/mol. The van der Waals surface area contributed by atoms with Gasteiger partial charge >= 0.3 is 5.97 Å². The maximum atomic E-state index is 13.9. The lowest BCUT2D eigenvalue weighted by molar-refractivity contribution is 0.0693. The van der Waals surface area contributed by atoms with Gasteiger partial charge in [0, 0.05) is 22.7 Å². The highest BCUT2D eigenvalue weighted by Crippen LogP contribution is 2.25. The van der Waals surface area contributed by atoms with Crippen molar-refractivity contribution in [3.63, 3.8) is 0 Å². The Morgan fingerprint density at radius 1 is 0.952 bits per heavy atom. The molecule has 0 fully saturated rings. The molecule has 4 nitrogen and oxygen atoms in total. The highest BCUT2D eigenvalue weighted by atomic mass is 19.1. The molecular weight excluding hydrogens is 273 g/mol. The van der Waals surface area contributed by atoms with Crippen LogP contribution in [0, 0.1) is 5.82 Å². The molecule has 1 heterocycles. The second-order valence-corrected chi connectivity index (χ2v) is 4.54. The first-order chi connectivity index (χ1) is 10.1. The molecule has 0 atom stereocenters. The molecule has 1 aromatic heterocycles. The number of carboxylic acid groups (broad SMARTS) is 1. The predicted octanol–water partition coefficient (Wildman–Crippen LogP) is 3.24. The van der Waals surface area contributed by atoms with Crippen LogP contribution in [0.5, 0.6) is 0 Å². The summed E-state index contributed by atoms with van der Waals surface area (Å²) in [6.45, 7) is 0. The van der Waals surface area contributed by atoms with Crippen LogP contribution in [0.3, 0.4) is 0 Å². The van der Waals surface area contributed by atoms with E-state index in [0.717, 1.165) is 0 Å². The van der Waals surface area contributed by atoms with Gasteiger partial charge < -0.3 is 10.1 Å². The van der Waals surface area contributed by atoms with Crippen LogP contribution in [0.4, 0.5) is 4.39 Å². The van der Waals surface area contributed by atoms with Crippen molar-refractivity contribution in [1.29, 1.82) is 0 Å². The van der Waals surface area contributed by atoms with Gasteiger partial charge in [0.2, 0.25) is 0 Å². The second-order valence-electron chi connectivity index (χ2n) is 4.54. The minimum absolute atomic E-state index is 0.0363. The average Bonchev–Trinajstić information content (AvgIpc) is 2.92. The van der Waals surface area contributed by atoms with Crippen molar-refractivity contribution in [3.05, 3.63) is 71.2 Å². The smallest absolute Gasteiger partial charge is 0.336 e. The van der Waals surface area contributed by atoms with E-state index in [9.17, 15) is 14.0 Å². The summed E-state index contributed by atoms with van der Waals surface area (Å²) in [6.07, 6.45) is 1.40. The van der Waals surface area contributed by atoms with E-state index in [0.29, 0.717) is 5.52 Å². The predicted molar refractivity (Wildman–Crippen MR) is 75.1 cm³/mol. The van der Waals surface area contributed by atoms with Gasteiger partial charge in [-0.15, -0.1) is 0 Å². The summed E-state index contributed by atoms with van der Waals surface area (Å²) >= 11 is 0. The topological polar surface area (TPSA) is 70.2 Å². The molecular formula is C16H10FNO3. The summed E-state index contributed by atoms with van der Waals surface area (Å²) < 4.78 is 13.9. The molecule has 104 valence electrons. The molecule has 0 aliphatic rings. The zero-order valence-electron chi connectivity index (χ0n) is 10.8. The molecule has 0 aliphatic heterocycles. The number of aromatic nitrogens is 1. The Kier molecular flexibility index (Phi) is 3.02. The molecule has 2 N–H and O–H groups in total. The number of benzene rings is 2.